The van der Waals surface area contributed by atoms with Gasteiger partial charge in [-0.3, -0.25) is 0 Å². The van der Waals surface area contributed by atoms with Crippen LogP contribution in [0, 0.1) is 6.92 Å². The molecule has 0 N–H and O–H groups in total. The highest BCUT2D eigenvalue weighted by Gasteiger charge is 2.21. The first kappa shape index (κ1) is 16.5. The van der Waals surface area contributed by atoms with Gasteiger partial charge in [-0.25, -0.2) is 9.59 Å². The largest absolute Gasteiger partial charge is 0.481 e. The maximum absolute atomic E-state index is 12.1. The van der Waals surface area contributed by atoms with Crippen molar-refractivity contribution in [2.45, 2.75) is 26.2 Å². The molecule has 6 nitrogen and oxygen atoms in total. The van der Waals surface area contributed by atoms with E-state index < -0.39 is 5.97 Å². The van der Waals surface area contributed by atoms with Gasteiger partial charge in [0.05, 0.1) is 6.61 Å². The highest BCUT2D eigenvalue weighted by atomic mass is 16.6. The molecule has 3 rings (SSSR count). The van der Waals surface area contributed by atoms with Gasteiger partial charge in [0, 0.05) is 23.6 Å². The van der Waals surface area contributed by atoms with Crippen molar-refractivity contribution < 1.29 is 23.4 Å². The molecule has 1 heterocycles. The molecule has 0 amide bonds. The molecule has 0 saturated carbocycles. The van der Waals surface area contributed by atoms with Crippen molar-refractivity contribution in [3.8, 4) is 5.75 Å². The van der Waals surface area contributed by atoms with Crippen LogP contribution in [0.5, 0.6) is 5.75 Å². The van der Waals surface area contributed by atoms with E-state index >= 15 is 0 Å². The van der Waals surface area contributed by atoms with Crippen molar-refractivity contribution in [2.75, 3.05) is 26.9 Å². The Morgan fingerprint density at radius 3 is 2.79 bits per heavy atom. The third-order valence-corrected chi connectivity index (χ3v) is 4.24. The summed E-state index contributed by atoms with van der Waals surface area (Å²) in [5, 5.41) is 0.953. The normalized spacial score (nSPS) is 13.1. The highest BCUT2D eigenvalue weighted by molar-refractivity contribution is 5.86. The van der Waals surface area contributed by atoms with Crippen molar-refractivity contribution in [2.24, 2.45) is 0 Å². The number of hydrogen-bond acceptors (Lipinski definition) is 6. The molecular formula is C18H20O6. The first-order valence-electron chi connectivity index (χ1n) is 7.97. The van der Waals surface area contributed by atoms with Crippen molar-refractivity contribution in [1.29, 1.82) is 0 Å². The van der Waals surface area contributed by atoms with E-state index in [4.69, 9.17) is 18.6 Å². The number of carbonyl (C=O) groups is 1. The Labute approximate surface area is 139 Å². The second-order valence-corrected chi connectivity index (χ2v) is 5.77. The van der Waals surface area contributed by atoms with E-state index in [9.17, 15) is 9.59 Å². The summed E-state index contributed by atoms with van der Waals surface area (Å²) in [6.07, 6.45) is 2.64. The Balaban J connectivity index is 1.81. The van der Waals surface area contributed by atoms with Gasteiger partial charge in [0.1, 0.15) is 17.9 Å². The van der Waals surface area contributed by atoms with Gasteiger partial charge < -0.3 is 18.6 Å². The van der Waals surface area contributed by atoms with Gasteiger partial charge >= 0.3 is 11.6 Å². The third-order valence-electron chi connectivity index (χ3n) is 4.24. The molecule has 1 aromatic carbocycles. The van der Waals surface area contributed by atoms with Gasteiger partial charge in [-0.1, -0.05) is 0 Å². The number of aryl methyl sites for hydroxylation is 2. The number of benzene rings is 1. The van der Waals surface area contributed by atoms with Crippen LogP contribution >= 0.6 is 0 Å². The van der Waals surface area contributed by atoms with Crippen LogP contribution in [-0.2, 0) is 27.1 Å². The molecule has 1 aromatic heterocycles. The zero-order valence-corrected chi connectivity index (χ0v) is 13.8. The van der Waals surface area contributed by atoms with Crippen LogP contribution in [-0.4, -0.2) is 32.9 Å². The van der Waals surface area contributed by atoms with Crippen LogP contribution in [0.1, 0.15) is 23.1 Å². The zero-order chi connectivity index (χ0) is 17.1. The van der Waals surface area contributed by atoms with Gasteiger partial charge in [0.2, 0.25) is 0 Å². The second-order valence-electron chi connectivity index (χ2n) is 5.77. The lowest BCUT2D eigenvalue weighted by atomic mass is 10.0. The molecule has 0 aliphatic heterocycles. The highest BCUT2D eigenvalue weighted by Crippen LogP contribution is 2.32. The topological polar surface area (TPSA) is 75.0 Å². The molecule has 128 valence electrons. The first-order chi connectivity index (χ1) is 11.6. The van der Waals surface area contributed by atoms with Crippen LogP contribution in [0.4, 0.5) is 0 Å². The van der Waals surface area contributed by atoms with E-state index in [0.717, 1.165) is 35.8 Å². The molecule has 1 aliphatic carbocycles. The minimum atomic E-state index is -0.470. The van der Waals surface area contributed by atoms with Crippen molar-refractivity contribution in [3.05, 3.63) is 39.2 Å². The van der Waals surface area contributed by atoms with E-state index in [-0.39, 0.29) is 18.8 Å². The fourth-order valence-corrected chi connectivity index (χ4v) is 3.04. The number of carbonyl (C=O) groups excluding carboxylic acids is 1. The lowest BCUT2D eigenvalue weighted by Crippen LogP contribution is -2.17. The number of rotatable bonds is 6. The van der Waals surface area contributed by atoms with Crippen LogP contribution in [0.2, 0.25) is 0 Å². The van der Waals surface area contributed by atoms with Crippen LogP contribution in [0.25, 0.3) is 11.0 Å². The molecular weight excluding hydrogens is 312 g/mol. The summed E-state index contributed by atoms with van der Waals surface area (Å²) in [5.74, 6) is 0.0363. The molecule has 0 atom stereocenters. The van der Waals surface area contributed by atoms with Gasteiger partial charge in [0.15, 0.2) is 6.61 Å². The predicted octanol–water partition coefficient (Wildman–Crippen LogP) is 2.16. The van der Waals surface area contributed by atoms with Gasteiger partial charge in [-0.05, 0) is 43.9 Å². The van der Waals surface area contributed by atoms with Crippen LogP contribution in [0.3, 0.4) is 0 Å². The van der Waals surface area contributed by atoms with E-state index in [1.807, 2.05) is 13.0 Å². The monoisotopic (exact) mass is 332 g/mol. The van der Waals surface area contributed by atoms with E-state index in [1.165, 1.54) is 7.11 Å². The molecule has 0 spiro atoms. The molecule has 0 unspecified atom stereocenters. The van der Waals surface area contributed by atoms with Gasteiger partial charge in [-0.2, -0.15) is 0 Å². The lowest BCUT2D eigenvalue weighted by Gasteiger charge is -2.12. The Bertz CT molecular complexity index is 820. The maximum atomic E-state index is 12.1. The van der Waals surface area contributed by atoms with Crippen LogP contribution in [0.15, 0.2) is 21.3 Å². The van der Waals surface area contributed by atoms with Crippen molar-refractivity contribution in [3.63, 3.8) is 0 Å². The minimum absolute atomic E-state index is 0.191. The predicted molar refractivity (Wildman–Crippen MR) is 87.6 cm³/mol. The average Bonchev–Trinajstić information content (AvgIpc) is 3.06. The Hall–Kier alpha value is -2.34. The molecule has 0 fully saturated rings. The first-order valence-corrected chi connectivity index (χ1v) is 7.97. The number of methoxy groups -OCH3 is 1. The van der Waals surface area contributed by atoms with Gasteiger partial charge in [0.25, 0.3) is 0 Å². The lowest BCUT2D eigenvalue weighted by molar-refractivity contribution is -0.147. The smallest absolute Gasteiger partial charge is 0.344 e. The number of hydrogen-bond donors (Lipinski definition) is 0. The quantitative estimate of drug-likeness (QED) is 0.458. The van der Waals surface area contributed by atoms with Gasteiger partial charge in [-0.15, -0.1) is 0 Å². The third kappa shape index (κ3) is 3.14. The molecule has 24 heavy (non-hydrogen) atoms. The molecule has 0 saturated heterocycles. The van der Waals surface area contributed by atoms with E-state index in [0.29, 0.717) is 23.5 Å². The molecule has 0 radical (unpaired) electrons. The maximum Gasteiger partial charge on any atom is 0.344 e. The summed E-state index contributed by atoms with van der Waals surface area (Å²) >= 11 is 0. The second kappa shape index (κ2) is 7.05. The fourth-order valence-electron chi connectivity index (χ4n) is 3.04. The standard InChI is InChI=1S/C18H20O6/c1-11-15(23-10-16(19)22-9-8-21-2)7-6-13-12-4-3-5-14(12)18(20)24-17(11)13/h6-7H,3-5,8-10H2,1-2H3. The molecule has 6 heteroatoms. The summed E-state index contributed by atoms with van der Waals surface area (Å²) in [6.45, 7) is 2.15. The molecule has 1 aliphatic rings. The summed E-state index contributed by atoms with van der Waals surface area (Å²) in [7, 11) is 1.54. The SMILES string of the molecule is COCCOC(=O)COc1ccc2c3c(c(=O)oc2c1C)CCC3. The summed E-state index contributed by atoms with van der Waals surface area (Å²) in [6, 6.07) is 3.69. The number of fused-ring (bicyclic) bond motifs is 3. The summed E-state index contributed by atoms with van der Waals surface area (Å²) < 4.78 is 20.8. The average molecular weight is 332 g/mol. The zero-order valence-electron chi connectivity index (χ0n) is 13.8. The van der Waals surface area contributed by atoms with Crippen molar-refractivity contribution >= 4 is 16.9 Å². The fraction of sp³-hybridized carbons (Fsp3) is 0.444. The Morgan fingerprint density at radius 2 is 2.00 bits per heavy atom. The molecule has 2 aromatic rings. The van der Waals surface area contributed by atoms with Crippen LogP contribution < -0.4 is 10.4 Å². The summed E-state index contributed by atoms with van der Waals surface area (Å²) in [5.41, 5.74) is 2.84. The minimum Gasteiger partial charge on any atom is -0.481 e. The number of ether oxygens (including phenoxy) is 3. The summed E-state index contributed by atoms with van der Waals surface area (Å²) in [4.78, 5) is 23.7. The van der Waals surface area contributed by atoms with E-state index in [2.05, 4.69) is 0 Å². The Kier molecular flexibility index (Phi) is 4.85. The number of esters is 1. The molecule has 0 bridgehead atoms. The van der Waals surface area contributed by atoms with E-state index in [1.54, 1.807) is 6.07 Å². The van der Waals surface area contributed by atoms with Crippen molar-refractivity contribution in [1.82, 2.24) is 0 Å². The Morgan fingerprint density at radius 1 is 1.21 bits per heavy atom.